The smallest absolute Gasteiger partial charge is 0.223 e. The topological polar surface area (TPSA) is 92.2 Å². The molecule has 0 saturated carbocycles. The van der Waals surface area contributed by atoms with E-state index >= 15 is 0 Å². The number of hydrogen-bond acceptors (Lipinski definition) is 6. The number of pyridine rings is 1. The fourth-order valence-corrected chi connectivity index (χ4v) is 3.98. The van der Waals surface area contributed by atoms with Crippen LogP contribution in [0, 0.1) is 5.82 Å². The van der Waals surface area contributed by atoms with Gasteiger partial charge in [0.1, 0.15) is 11.6 Å². The predicted octanol–water partition coefficient (Wildman–Crippen LogP) is 6.04. The molecule has 9 heteroatoms. The van der Waals surface area contributed by atoms with Crippen LogP contribution in [0.15, 0.2) is 101 Å². The molecule has 0 saturated heterocycles. The largest absolute Gasteiger partial charge is 0.493 e. The molecule has 8 nitrogen and oxygen atoms in total. The van der Waals surface area contributed by atoms with E-state index in [4.69, 9.17) is 14.5 Å². The van der Waals surface area contributed by atoms with Crippen molar-refractivity contribution in [3.63, 3.8) is 0 Å². The van der Waals surface area contributed by atoms with Crippen molar-refractivity contribution in [3.05, 3.63) is 103 Å². The van der Waals surface area contributed by atoms with Crippen molar-refractivity contribution in [2.75, 3.05) is 37.9 Å². The van der Waals surface area contributed by atoms with Gasteiger partial charge in [-0.2, -0.15) is 0 Å². The lowest BCUT2D eigenvalue weighted by Crippen LogP contribution is -2.27. The van der Waals surface area contributed by atoms with Crippen molar-refractivity contribution in [3.8, 4) is 11.5 Å². The van der Waals surface area contributed by atoms with E-state index in [1.165, 1.54) is 6.07 Å². The van der Waals surface area contributed by atoms with E-state index < -0.39 is 0 Å². The van der Waals surface area contributed by atoms with Gasteiger partial charge < -0.3 is 25.4 Å². The molecule has 0 aliphatic carbocycles. The number of rotatable bonds is 11. The molecule has 0 aliphatic heterocycles. The number of guanidine groups is 1. The minimum Gasteiger partial charge on any atom is -0.493 e. The zero-order chi connectivity index (χ0) is 28.3. The summed E-state index contributed by atoms with van der Waals surface area (Å²) < 4.78 is 24.8. The summed E-state index contributed by atoms with van der Waals surface area (Å²) in [5.74, 6) is 1.78. The SMILES string of the molecule is C=C(NC(=NCCc1ccccc1F)/N=C(\C)CNc1ccc2ncccc2c1)Nc1ccc(OC)c(OC)c1. The number of methoxy groups -OCH3 is 2. The molecular formula is C31H33FN6O2. The predicted molar refractivity (Wildman–Crippen MR) is 161 cm³/mol. The molecule has 206 valence electrons. The van der Waals surface area contributed by atoms with Gasteiger partial charge in [-0.3, -0.25) is 9.98 Å². The molecule has 3 N–H and O–H groups in total. The zero-order valence-corrected chi connectivity index (χ0v) is 22.9. The quantitative estimate of drug-likeness (QED) is 0.159. The lowest BCUT2D eigenvalue weighted by Gasteiger charge is -2.15. The zero-order valence-electron chi connectivity index (χ0n) is 22.9. The van der Waals surface area contributed by atoms with Crippen LogP contribution in [0.5, 0.6) is 11.5 Å². The molecule has 4 aromatic rings. The van der Waals surface area contributed by atoms with Crippen LogP contribution >= 0.6 is 0 Å². The number of hydrogen-bond donors (Lipinski definition) is 3. The summed E-state index contributed by atoms with van der Waals surface area (Å²) in [6.07, 6.45) is 2.21. The summed E-state index contributed by atoms with van der Waals surface area (Å²) in [7, 11) is 3.16. The Kier molecular flexibility index (Phi) is 9.66. The van der Waals surface area contributed by atoms with Crippen LogP contribution in [0.4, 0.5) is 15.8 Å². The molecule has 0 fully saturated rings. The Morgan fingerprint density at radius 2 is 1.75 bits per heavy atom. The Bertz CT molecular complexity index is 1540. The van der Waals surface area contributed by atoms with Crippen molar-refractivity contribution in [1.82, 2.24) is 10.3 Å². The maximum atomic E-state index is 14.1. The lowest BCUT2D eigenvalue weighted by molar-refractivity contribution is 0.355. The van der Waals surface area contributed by atoms with Gasteiger partial charge in [-0.1, -0.05) is 30.8 Å². The van der Waals surface area contributed by atoms with Gasteiger partial charge in [0, 0.05) is 41.3 Å². The van der Waals surface area contributed by atoms with E-state index in [1.54, 1.807) is 44.7 Å². The van der Waals surface area contributed by atoms with Gasteiger partial charge in [-0.25, -0.2) is 9.38 Å². The Balaban J connectivity index is 1.46. The number of aliphatic imine (C=N–C) groups is 2. The van der Waals surface area contributed by atoms with E-state index in [2.05, 4.69) is 32.5 Å². The molecular weight excluding hydrogens is 507 g/mol. The highest BCUT2D eigenvalue weighted by Gasteiger charge is 2.08. The van der Waals surface area contributed by atoms with Crippen molar-refractivity contribution >= 4 is 33.9 Å². The third kappa shape index (κ3) is 7.80. The third-order valence-corrected chi connectivity index (χ3v) is 5.99. The number of nitrogens with zero attached hydrogens (tertiary/aromatic N) is 3. The van der Waals surface area contributed by atoms with Crippen LogP contribution in [0.1, 0.15) is 12.5 Å². The number of aromatic nitrogens is 1. The summed E-state index contributed by atoms with van der Waals surface area (Å²) in [4.78, 5) is 13.7. The number of halogens is 1. The second-order valence-corrected chi connectivity index (χ2v) is 8.96. The monoisotopic (exact) mass is 540 g/mol. The van der Waals surface area contributed by atoms with Gasteiger partial charge in [0.25, 0.3) is 0 Å². The fraction of sp³-hybridized carbons (Fsp3) is 0.194. The second-order valence-electron chi connectivity index (χ2n) is 8.96. The maximum absolute atomic E-state index is 14.1. The molecule has 1 heterocycles. The molecule has 0 amide bonds. The van der Waals surface area contributed by atoms with Crippen LogP contribution in [-0.4, -0.2) is 44.0 Å². The van der Waals surface area contributed by atoms with Gasteiger partial charge >= 0.3 is 0 Å². The van der Waals surface area contributed by atoms with E-state index in [9.17, 15) is 4.39 Å². The number of fused-ring (bicyclic) bond motifs is 1. The maximum Gasteiger partial charge on any atom is 0.223 e. The standard InChI is InChI=1S/C31H33FN6O2/c1-21(20-35-25-11-13-28-24(18-25)9-7-16-33-28)36-31(34-17-15-23-8-5-6-10-27(23)32)38-22(2)37-26-12-14-29(39-3)30(19-26)40-4/h5-14,16,18-19,35,37H,2,15,17,20H2,1,3-4H3,(H,34,38)/b36-21+. The first-order chi connectivity index (χ1) is 19.4. The number of anilines is 2. The fourth-order valence-electron chi connectivity index (χ4n) is 3.98. The number of ether oxygens (including phenoxy) is 2. The molecule has 0 bridgehead atoms. The second kappa shape index (κ2) is 13.7. The van der Waals surface area contributed by atoms with Crippen molar-refractivity contribution < 1.29 is 13.9 Å². The molecule has 4 rings (SSSR count). The van der Waals surface area contributed by atoms with E-state index in [1.807, 2.05) is 49.4 Å². The van der Waals surface area contributed by atoms with Crippen LogP contribution in [0.25, 0.3) is 10.9 Å². The van der Waals surface area contributed by atoms with Gasteiger partial charge in [0.15, 0.2) is 11.5 Å². The molecule has 40 heavy (non-hydrogen) atoms. The van der Waals surface area contributed by atoms with E-state index in [-0.39, 0.29) is 5.82 Å². The highest BCUT2D eigenvalue weighted by molar-refractivity contribution is 5.98. The van der Waals surface area contributed by atoms with Crippen molar-refractivity contribution in [2.24, 2.45) is 9.98 Å². The molecule has 0 aliphatic rings. The molecule has 0 atom stereocenters. The van der Waals surface area contributed by atoms with Gasteiger partial charge in [-0.05, 0) is 61.4 Å². The minimum absolute atomic E-state index is 0.249. The number of nitrogens with one attached hydrogen (secondary N) is 3. The minimum atomic E-state index is -0.249. The first kappa shape index (κ1) is 28.1. The summed E-state index contributed by atoms with van der Waals surface area (Å²) in [6.45, 7) is 6.82. The summed E-state index contributed by atoms with van der Waals surface area (Å²) in [5.41, 5.74) is 4.03. The lowest BCUT2D eigenvalue weighted by atomic mass is 10.1. The summed E-state index contributed by atoms with van der Waals surface area (Å²) in [5, 5.41) is 10.8. The van der Waals surface area contributed by atoms with Crippen LogP contribution in [-0.2, 0) is 6.42 Å². The van der Waals surface area contributed by atoms with Gasteiger partial charge in [-0.15, -0.1) is 0 Å². The summed E-state index contributed by atoms with van der Waals surface area (Å²) >= 11 is 0. The van der Waals surface area contributed by atoms with Gasteiger partial charge in [0.2, 0.25) is 5.96 Å². The molecule has 0 radical (unpaired) electrons. The van der Waals surface area contributed by atoms with Crippen molar-refractivity contribution in [1.29, 1.82) is 0 Å². The van der Waals surface area contributed by atoms with Crippen molar-refractivity contribution in [2.45, 2.75) is 13.3 Å². The van der Waals surface area contributed by atoms with Crippen LogP contribution in [0.3, 0.4) is 0 Å². The Morgan fingerprint density at radius 3 is 2.55 bits per heavy atom. The summed E-state index contributed by atoms with van der Waals surface area (Å²) in [6, 6.07) is 22.1. The highest BCUT2D eigenvalue weighted by Crippen LogP contribution is 2.30. The molecule has 3 aromatic carbocycles. The Labute approximate surface area is 233 Å². The normalized spacial score (nSPS) is 11.7. The first-order valence-electron chi connectivity index (χ1n) is 12.8. The third-order valence-electron chi connectivity index (χ3n) is 5.99. The molecule has 0 spiro atoms. The Morgan fingerprint density at radius 1 is 0.950 bits per heavy atom. The molecule has 1 aromatic heterocycles. The van der Waals surface area contributed by atoms with Gasteiger partial charge in [0.05, 0.1) is 26.3 Å². The van der Waals surface area contributed by atoms with E-state index in [0.29, 0.717) is 48.4 Å². The average Bonchev–Trinajstić information content (AvgIpc) is 2.96. The number of benzene rings is 3. The Hall–Kier alpha value is -4.92. The molecule has 0 unspecified atom stereocenters. The van der Waals surface area contributed by atoms with E-state index in [0.717, 1.165) is 28.0 Å². The van der Waals surface area contributed by atoms with Crippen LogP contribution < -0.4 is 25.4 Å². The average molecular weight is 541 g/mol. The highest BCUT2D eigenvalue weighted by atomic mass is 19.1. The first-order valence-corrected chi connectivity index (χ1v) is 12.8. The van der Waals surface area contributed by atoms with Crippen LogP contribution in [0.2, 0.25) is 0 Å².